The van der Waals surface area contributed by atoms with E-state index in [-0.39, 0.29) is 5.63 Å². The zero-order chi connectivity index (χ0) is 11.8. The Bertz CT molecular complexity index is 721. The molecule has 0 atom stereocenters. The quantitative estimate of drug-likeness (QED) is 0.597. The first-order valence-corrected chi connectivity index (χ1v) is 5.31. The summed E-state index contributed by atoms with van der Waals surface area (Å²) in [5.41, 5.74) is 3.04. The van der Waals surface area contributed by atoms with Gasteiger partial charge in [0.2, 0.25) is 0 Å². The second-order valence-corrected chi connectivity index (χ2v) is 3.99. The molecule has 0 amide bonds. The highest BCUT2D eigenvalue weighted by molar-refractivity contribution is 5.93. The Kier molecular flexibility index (Phi) is 2.11. The molecule has 2 aromatic heterocycles. The molecule has 0 N–H and O–H groups in total. The molecule has 3 nitrogen and oxygen atoms in total. The lowest BCUT2D eigenvalue weighted by atomic mass is 10.0. The van der Waals surface area contributed by atoms with E-state index in [1.165, 1.54) is 6.07 Å². The van der Waals surface area contributed by atoms with Gasteiger partial charge in [-0.15, -0.1) is 0 Å². The molecular weight excluding hydrogens is 216 g/mol. The summed E-state index contributed by atoms with van der Waals surface area (Å²) in [6.07, 6.45) is 3.21. The minimum absolute atomic E-state index is 0.348. The van der Waals surface area contributed by atoms with Crippen LogP contribution < -0.4 is 5.63 Å². The Balaban J connectivity index is 2.42. The lowest BCUT2D eigenvalue weighted by molar-refractivity contribution is 0.560. The van der Waals surface area contributed by atoms with Crippen LogP contribution in [0.2, 0.25) is 0 Å². The maximum atomic E-state index is 11.5. The Labute approximate surface area is 97.3 Å². The molecule has 3 rings (SSSR count). The van der Waals surface area contributed by atoms with Crippen molar-refractivity contribution in [2.45, 2.75) is 6.92 Å². The number of fused-ring (bicyclic) bond motifs is 1. The highest BCUT2D eigenvalue weighted by Gasteiger charge is 2.08. The molecule has 0 saturated carbocycles. The van der Waals surface area contributed by atoms with Gasteiger partial charge >= 0.3 is 5.63 Å². The molecule has 0 unspecified atom stereocenters. The molecule has 0 bridgehead atoms. The second-order valence-electron chi connectivity index (χ2n) is 3.99. The van der Waals surface area contributed by atoms with Gasteiger partial charge in [0.05, 0.1) is 12.5 Å². The smallest absolute Gasteiger partial charge is 0.336 e. The maximum Gasteiger partial charge on any atom is 0.336 e. The summed E-state index contributed by atoms with van der Waals surface area (Å²) in [7, 11) is 0. The highest BCUT2D eigenvalue weighted by atomic mass is 16.4. The van der Waals surface area contributed by atoms with Crippen molar-refractivity contribution in [1.29, 1.82) is 0 Å². The lowest BCUT2D eigenvalue weighted by Crippen LogP contribution is -1.97. The standard InChI is InChI=1S/C14H10O3/c1-9-2-3-11-12(10-4-5-16-8-10)7-14(15)17-13(11)6-9/h2-8H,1H3. The van der Waals surface area contributed by atoms with Gasteiger partial charge < -0.3 is 8.83 Å². The van der Waals surface area contributed by atoms with Gasteiger partial charge in [-0.05, 0) is 24.6 Å². The van der Waals surface area contributed by atoms with Crippen LogP contribution in [-0.4, -0.2) is 0 Å². The summed E-state index contributed by atoms with van der Waals surface area (Å²) in [6.45, 7) is 1.96. The zero-order valence-electron chi connectivity index (χ0n) is 9.27. The first-order valence-electron chi connectivity index (χ1n) is 5.31. The molecule has 2 heterocycles. The van der Waals surface area contributed by atoms with E-state index in [1.54, 1.807) is 12.5 Å². The molecule has 1 aromatic carbocycles. The molecule has 0 saturated heterocycles. The number of furan rings is 1. The summed E-state index contributed by atoms with van der Waals surface area (Å²) < 4.78 is 10.2. The van der Waals surface area contributed by atoms with Crippen molar-refractivity contribution < 1.29 is 8.83 Å². The maximum absolute atomic E-state index is 11.5. The lowest BCUT2D eigenvalue weighted by Gasteiger charge is -2.03. The highest BCUT2D eigenvalue weighted by Crippen LogP contribution is 2.27. The summed E-state index contributed by atoms with van der Waals surface area (Å²) in [5.74, 6) is 0. The summed E-state index contributed by atoms with van der Waals surface area (Å²) in [6, 6.07) is 9.12. The van der Waals surface area contributed by atoms with Crippen LogP contribution in [0.5, 0.6) is 0 Å². The molecule has 0 spiro atoms. The van der Waals surface area contributed by atoms with Crippen LogP contribution in [-0.2, 0) is 0 Å². The minimum atomic E-state index is -0.348. The van der Waals surface area contributed by atoms with Crippen LogP contribution in [0, 0.1) is 6.92 Å². The van der Waals surface area contributed by atoms with E-state index >= 15 is 0 Å². The van der Waals surface area contributed by atoms with Gasteiger partial charge in [0.25, 0.3) is 0 Å². The number of benzene rings is 1. The average molecular weight is 226 g/mol. The fourth-order valence-corrected chi connectivity index (χ4v) is 1.93. The summed E-state index contributed by atoms with van der Waals surface area (Å²) >= 11 is 0. The predicted molar refractivity (Wildman–Crippen MR) is 64.9 cm³/mol. The Morgan fingerprint density at radius 3 is 2.76 bits per heavy atom. The van der Waals surface area contributed by atoms with E-state index in [1.807, 2.05) is 31.2 Å². The monoisotopic (exact) mass is 226 g/mol. The van der Waals surface area contributed by atoms with Crippen LogP contribution >= 0.6 is 0 Å². The molecule has 3 heteroatoms. The normalized spacial score (nSPS) is 10.9. The van der Waals surface area contributed by atoms with E-state index in [4.69, 9.17) is 8.83 Å². The largest absolute Gasteiger partial charge is 0.472 e. The topological polar surface area (TPSA) is 43.4 Å². The van der Waals surface area contributed by atoms with Gasteiger partial charge in [0.1, 0.15) is 5.58 Å². The summed E-state index contributed by atoms with van der Waals surface area (Å²) in [5, 5.41) is 0.914. The van der Waals surface area contributed by atoms with Crippen molar-refractivity contribution in [1.82, 2.24) is 0 Å². The second kappa shape index (κ2) is 3.63. The van der Waals surface area contributed by atoms with Crippen molar-refractivity contribution in [2.24, 2.45) is 0 Å². The number of aryl methyl sites for hydroxylation is 1. The van der Waals surface area contributed by atoms with E-state index in [9.17, 15) is 4.79 Å². The number of hydrogen-bond donors (Lipinski definition) is 0. The molecule has 0 fully saturated rings. The SMILES string of the molecule is Cc1ccc2c(-c3ccoc3)cc(=O)oc2c1. The first-order chi connectivity index (χ1) is 8.24. The third-order valence-corrected chi connectivity index (χ3v) is 2.73. The minimum Gasteiger partial charge on any atom is -0.472 e. The molecular formula is C14H10O3. The van der Waals surface area contributed by atoms with E-state index in [2.05, 4.69) is 0 Å². The molecule has 0 aliphatic carbocycles. The fourth-order valence-electron chi connectivity index (χ4n) is 1.93. The Morgan fingerprint density at radius 1 is 1.12 bits per heavy atom. The van der Waals surface area contributed by atoms with Crippen LogP contribution in [0.4, 0.5) is 0 Å². The Hall–Kier alpha value is -2.29. The van der Waals surface area contributed by atoms with Gasteiger partial charge in [0.15, 0.2) is 0 Å². The van der Waals surface area contributed by atoms with Crippen LogP contribution in [0.15, 0.2) is 56.5 Å². The van der Waals surface area contributed by atoms with Crippen molar-refractivity contribution >= 4 is 11.0 Å². The average Bonchev–Trinajstić information content (AvgIpc) is 2.80. The van der Waals surface area contributed by atoms with Crippen LogP contribution in [0.25, 0.3) is 22.1 Å². The third-order valence-electron chi connectivity index (χ3n) is 2.73. The van der Waals surface area contributed by atoms with Crippen molar-refractivity contribution in [2.75, 3.05) is 0 Å². The zero-order valence-corrected chi connectivity index (χ0v) is 9.27. The first kappa shape index (κ1) is 9.90. The van der Waals surface area contributed by atoms with Crippen LogP contribution in [0.1, 0.15) is 5.56 Å². The van der Waals surface area contributed by atoms with Gasteiger partial charge in [-0.1, -0.05) is 12.1 Å². The summed E-state index contributed by atoms with van der Waals surface area (Å²) in [4.78, 5) is 11.5. The van der Waals surface area contributed by atoms with Crippen LogP contribution in [0.3, 0.4) is 0 Å². The third kappa shape index (κ3) is 1.65. The number of hydrogen-bond acceptors (Lipinski definition) is 3. The molecule has 0 aliphatic heterocycles. The van der Waals surface area contributed by atoms with Gasteiger partial charge in [-0.3, -0.25) is 0 Å². The van der Waals surface area contributed by atoms with Gasteiger partial charge in [0, 0.05) is 22.6 Å². The van der Waals surface area contributed by atoms with Crippen molar-refractivity contribution in [3.63, 3.8) is 0 Å². The Morgan fingerprint density at radius 2 is 2.00 bits per heavy atom. The van der Waals surface area contributed by atoms with E-state index in [0.29, 0.717) is 5.58 Å². The molecule has 3 aromatic rings. The van der Waals surface area contributed by atoms with Gasteiger partial charge in [-0.25, -0.2) is 4.79 Å². The molecule has 0 aliphatic rings. The number of rotatable bonds is 1. The molecule has 84 valence electrons. The predicted octanol–water partition coefficient (Wildman–Crippen LogP) is 3.36. The van der Waals surface area contributed by atoms with Crippen molar-refractivity contribution in [3.8, 4) is 11.1 Å². The molecule has 17 heavy (non-hydrogen) atoms. The van der Waals surface area contributed by atoms with Crippen molar-refractivity contribution in [3.05, 3.63) is 58.8 Å². The molecule has 0 radical (unpaired) electrons. The van der Waals surface area contributed by atoms with E-state index < -0.39 is 0 Å². The van der Waals surface area contributed by atoms with E-state index in [0.717, 1.165) is 22.1 Å². The van der Waals surface area contributed by atoms with Gasteiger partial charge in [-0.2, -0.15) is 0 Å². The fraction of sp³-hybridized carbons (Fsp3) is 0.0714.